The van der Waals surface area contributed by atoms with E-state index in [1.807, 2.05) is 43.3 Å². The van der Waals surface area contributed by atoms with Gasteiger partial charge in [-0.05, 0) is 48.9 Å². The molecule has 6 heteroatoms. The number of nitrogens with one attached hydrogen (secondary N) is 1. The molecule has 0 aliphatic heterocycles. The summed E-state index contributed by atoms with van der Waals surface area (Å²) in [5.74, 6) is 1.35. The number of anilines is 1. The van der Waals surface area contributed by atoms with Gasteiger partial charge in [0.25, 0.3) is 5.91 Å². The van der Waals surface area contributed by atoms with Gasteiger partial charge in [0.15, 0.2) is 17.2 Å². The highest BCUT2D eigenvalue weighted by atomic mass is 16.5. The lowest BCUT2D eigenvalue weighted by atomic mass is 10.2. The molecular weight excluding hydrogens is 354 g/mol. The van der Waals surface area contributed by atoms with E-state index in [4.69, 9.17) is 9.26 Å². The third-order valence-electron chi connectivity index (χ3n) is 4.06. The van der Waals surface area contributed by atoms with Crippen molar-refractivity contribution in [1.82, 2.24) is 10.1 Å². The van der Waals surface area contributed by atoms with E-state index in [2.05, 4.69) is 15.5 Å². The van der Waals surface area contributed by atoms with Gasteiger partial charge in [-0.2, -0.15) is 0 Å². The van der Waals surface area contributed by atoms with Crippen molar-refractivity contribution in [3.63, 3.8) is 0 Å². The van der Waals surface area contributed by atoms with Crippen LogP contribution in [0.25, 0.3) is 11.3 Å². The minimum atomic E-state index is -0.385. The molecule has 0 aliphatic rings. The van der Waals surface area contributed by atoms with Crippen molar-refractivity contribution in [3.8, 4) is 22.8 Å². The molecule has 0 atom stereocenters. The minimum absolute atomic E-state index is 0.178. The molecule has 0 saturated heterocycles. The Morgan fingerprint density at radius 3 is 2.64 bits per heavy atom. The monoisotopic (exact) mass is 371 g/mol. The van der Waals surface area contributed by atoms with E-state index in [-0.39, 0.29) is 11.6 Å². The largest absolute Gasteiger partial charge is 0.455 e. The number of carbonyl (C=O) groups excluding carboxylic acids is 1. The van der Waals surface area contributed by atoms with Crippen LogP contribution in [-0.2, 0) is 0 Å². The quantitative estimate of drug-likeness (QED) is 0.529. The number of benzene rings is 2. The van der Waals surface area contributed by atoms with Gasteiger partial charge in [-0.1, -0.05) is 29.4 Å². The van der Waals surface area contributed by atoms with Gasteiger partial charge in [-0.25, -0.2) is 0 Å². The Kier molecular flexibility index (Phi) is 4.84. The summed E-state index contributed by atoms with van der Waals surface area (Å²) in [6.07, 6.45) is 3.30. The molecule has 0 fully saturated rings. The Labute approximate surface area is 161 Å². The molecule has 0 aliphatic carbocycles. The van der Waals surface area contributed by atoms with E-state index in [1.54, 1.807) is 42.7 Å². The maximum atomic E-state index is 12.6. The highest BCUT2D eigenvalue weighted by Gasteiger charge is 2.16. The van der Waals surface area contributed by atoms with Crippen molar-refractivity contribution >= 4 is 11.6 Å². The molecule has 4 rings (SSSR count). The van der Waals surface area contributed by atoms with Crippen LogP contribution in [0, 0.1) is 6.92 Å². The van der Waals surface area contributed by atoms with Gasteiger partial charge in [0.05, 0.1) is 5.69 Å². The highest BCUT2D eigenvalue weighted by molar-refractivity contribution is 6.04. The number of hydrogen-bond donors (Lipinski definition) is 1. The molecule has 0 spiro atoms. The number of pyridine rings is 1. The first-order chi connectivity index (χ1) is 13.7. The van der Waals surface area contributed by atoms with Gasteiger partial charge in [-0.3, -0.25) is 9.78 Å². The minimum Gasteiger partial charge on any atom is -0.455 e. The Balaban J connectivity index is 1.53. The van der Waals surface area contributed by atoms with E-state index >= 15 is 0 Å². The van der Waals surface area contributed by atoms with Crippen molar-refractivity contribution < 1.29 is 14.1 Å². The number of hydrogen-bond acceptors (Lipinski definition) is 5. The van der Waals surface area contributed by atoms with Crippen LogP contribution in [0.4, 0.5) is 5.69 Å². The molecular formula is C22H17N3O3. The van der Waals surface area contributed by atoms with E-state index in [0.29, 0.717) is 22.9 Å². The second kappa shape index (κ2) is 7.75. The molecule has 0 saturated carbocycles. The summed E-state index contributed by atoms with van der Waals surface area (Å²) in [7, 11) is 0. The zero-order chi connectivity index (χ0) is 19.3. The third-order valence-corrected chi connectivity index (χ3v) is 4.06. The predicted molar refractivity (Wildman–Crippen MR) is 105 cm³/mol. The lowest BCUT2D eigenvalue weighted by Gasteiger charge is -2.11. The Hall–Kier alpha value is -3.93. The molecule has 6 nitrogen and oxygen atoms in total. The molecule has 138 valence electrons. The van der Waals surface area contributed by atoms with Crippen molar-refractivity contribution in [2.75, 3.05) is 5.32 Å². The topological polar surface area (TPSA) is 77.2 Å². The first-order valence-electron chi connectivity index (χ1n) is 8.71. The van der Waals surface area contributed by atoms with Crippen molar-refractivity contribution in [2.24, 2.45) is 0 Å². The van der Waals surface area contributed by atoms with Crippen molar-refractivity contribution in [3.05, 3.63) is 90.4 Å². The average Bonchev–Trinajstić information content (AvgIpc) is 3.21. The Morgan fingerprint density at radius 2 is 1.82 bits per heavy atom. The van der Waals surface area contributed by atoms with Gasteiger partial charge >= 0.3 is 0 Å². The molecule has 1 amide bonds. The van der Waals surface area contributed by atoms with Crippen molar-refractivity contribution in [1.29, 1.82) is 0 Å². The summed E-state index contributed by atoms with van der Waals surface area (Å²) in [6.45, 7) is 1.99. The number of carbonyl (C=O) groups is 1. The van der Waals surface area contributed by atoms with Gasteiger partial charge in [0.1, 0.15) is 5.75 Å². The first kappa shape index (κ1) is 17.5. The fourth-order valence-electron chi connectivity index (χ4n) is 2.69. The number of nitrogens with zero attached hydrogens (tertiary/aromatic N) is 2. The fourth-order valence-corrected chi connectivity index (χ4v) is 2.69. The predicted octanol–water partition coefficient (Wildman–Crippen LogP) is 5.09. The summed E-state index contributed by atoms with van der Waals surface area (Å²) in [5.41, 5.74) is 2.61. The van der Waals surface area contributed by atoms with Crippen LogP contribution in [0.3, 0.4) is 0 Å². The lowest BCUT2D eigenvalue weighted by Crippen LogP contribution is -2.12. The molecule has 28 heavy (non-hydrogen) atoms. The number of amides is 1. The third kappa shape index (κ3) is 3.91. The summed E-state index contributed by atoms with van der Waals surface area (Å²) in [5, 5.41) is 6.69. The fraction of sp³-hybridized carbons (Fsp3) is 0.0455. The van der Waals surface area contributed by atoms with E-state index < -0.39 is 0 Å². The SMILES string of the molecule is Cc1cccc(Oc2ccccc2NC(=O)c2cc(-c3ccncc3)on2)c1. The number of ether oxygens (including phenoxy) is 1. The molecule has 0 bridgehead atoms. The van der Waals surface area contributed by atoms with Crippen LogP contribution >= 0.6 is 0 Å². The van der Waals surface area contributed by atoms with Crippen LogP contribution < -0.4 is 10.1 Å². The summed E-state index contributed by atoms with van der Waals surface area (Å²) in [6, 6.07) is 20.1. The summed E-state index contributed by atoms with van der Waals surface area (Å²) < 4.78 is 11.2. The zero-order valence-corrected chi connectivity index (χ0v) is 15.1. The van der Waals surface area contributed by atoms with Gasteiger partial charge in [0.2, 0.25) is 0 Å². The summed E-state index contributed by atoms with van der Waals surface area (Å²) >= 11 is 0. The normalized spacial score (nSPS) is 10.5. The van der Waals surface area contributed by atoms with E-state index in [0.717, 1.165) is 11.1 Å². The maximum Gasteiger partial charge on any atom is 0.277 e. The lowest BCUT2D eigenvalue weighted by molar-refractivity contribution is 0.101. The van der Waals surface area contributed by atoms with Gasteiger partial charge in [0, 0.05) is 24.0 Å². The number of para-hydroxylation sites is 2. The molecule has 0 radical (unpaired) electrons. The van der Waals surface area contributed by atoms with Crippen LogP contribution in [0.5, 0.6) is 11.5 Å². The molecule has 2 aromatic carbocycles. The van der Waals surface area contributed by atoms with Gasteiger partial charge < -0.3 is 14.6 Å². The molecule has 2 aromatic heterocycles. The Bertz CT molecular complexity index is 1110. The summed E-state index contributed by atoms with van der Waals surface area (Å²) in [4.78, 5) is 16.6. The molecule has 2 heterocycles. The van der Waals surface area contributed by atoms with Crippen LogP contribution in [0.1, 0.15) is 16.1 Å². The molecule has 4 aromatic rings. The highest BCUT2D eigenvalue weighted by Crippen LogP contribution is 2.30. The second-order valence-corrected chi connectivity index (χ2v) is 6.18. The van der Waals surface area contributed by atoms with E-state index in [9.17, 15) is 4.79 Å². The number of aryl methyl sites for hydroxylation is 1. The van der Waals surface area contributed by atoms with Crippen molar-refractivity contribution in [2.45, 2.75) is 6.92 Å². The smallest absolute Gasteiger partial charge is 0.277 e. The first-order valence-corrected chi connectivity index (χ1v) is 8.71. The second-order valence-electron chi connectivity index (χ2n) is 6.18. The number of rotatable bonds is 5. The average molecular weight is 371 g/mol. The van der Waals surface area contributed by atoms with Crippen LogP contribution in [-0.4, -0.2) is 16.0 Å². The van der Waals surface area contributed by atoms with Crippen LogP contribution in [0.2, 0.25) is 0 Å². The zero-order valence-electron chi connectivity index (χ0n) is 15.1. The molecule has 0 unspecified atom stereocenters. The van der Waals surface area contributed by atoms with E-state index in [1.165, 1.54) is 0 Å². The molecule has 1 N–H and O–H groups in total. The van der Waals surface area contributed by atoms with Gasteiger partial charge in [-0.15, -0.1) is 0 Å². The Morgan fingerprint density at radius 1 is 1.00 bits per heavy atom. The van der Waals surface area contributed by atoms with Crippen LogP contribution in [0.15, 0.2) is 83.6 Å². The maximum absolute atomic E-state index is 12.6. The number of aromatic nitrogens is 2. The standard InChI is InChI=1S/C22H17N3O3/c1-15-5-4-6-17(13-15)27-20-8-3-2-7-18(20)24-22(26)19-14-21(28-25-19)16-9-11-23-12-10-16/h2-14H,1H3,(H,24,26).